The third kappa shape index (κ3) is 7.61. The molecule has 0 aliphatic carbocycles. The van der Waals surface area contributed by atoms with E-state index in [9.17, 15) is 13.2 Å². The summed E-state index contributed by atoms with van der Waals surface area (Å²) in [6, 6.07) is 8.49. The Kier molecular flexibility index (Phi) is 7.22. The maximum atomic E-state index is 11.7. The van der Waals surface area contributed by atoms with Gasteiger partial charge in [0.25, 0.3) is 0 Å². The average Bonchev–Trinajstić information content (AvgIpc) is 2.46. The van der Waals surface area contributed by atoms with Gasteiger partial charge in [-0.05, 0) is 36.4 Å². The van der Waals surface area contributed by atoms with E-state index in [0.717, 1.165) is 12.8 Å². The van der Waals surface area contributed by atoms with Gasteiger partial charge in [-0.25, -0.2) is 13.1 Å². The molecule has 0 heterocycles. The highest BCUT2D eigenvalue weighted by atomic mass is 32.2. The van der Waals surface area contributed by atoms with Crippen molar-refractivity contribution in [3.8, 4) is 0 Å². The zero-order valence-corrected chi connectivity index (χ0v) is 15.3. The highest BCUT2D eigenvalue weighted by Gasteiger charge is 2.13. The lowest BCUT2D eigenvalue weighted by Crippen LogP contribution is -2.32. The summed E-state index contributed by atoms with van der Waals surface area (Å²) in [5, 5.41) is 2.63. The van der Waals surface area contributed by atoms with Crippen LogP contribution >= 0.6 is 0 Å². The molecule has 1 aromatic rings. The zero-order valence-electron chi connectivity index (χ0n) is 14.5. The van der Waals surface area contributed by atoms with Crippen LogP contribution in [0.25, 0.3) is 0 Å². The van der Waals surface area contributed by atoms with Gasteiger partial charge in [-0.1, -0.05) is 45.0 Å². The highest BCUT2D eigenvalue weighted by Crippen LogP contribution is 2.22. The van der Waals surface area contributed by atoms with Crippen LogP contribution in [0.4, 0.5) is 0 Å². The third-order valence-electron chi connectivity index (χ3n) is 3.69. The predicted octanol–water partition coefficient (Wildman–Crippen LogP) is 1.97. The summed E-state index contributed by atoms with van der Waals surface area (Å²) in [5.74, 6) is -0.202. The molecule has 1 aromatic carbocycles. The highest BCUT2D eigenvalue weighted by molar-refractivity contribution is 7.89. The molecule has 0 aliphatic heterocycles. The molecular weight excluding hydrogens is 312 g/mol. The van der Waals surface area contributed by atoms with E-state index in [0.29, 0.717) is 6.42 Å². The van der Waals surface area contributed by atoms with Crippen LogP contribution < -0.4 is 10.0 Å². The van der Waals surface area contributed by atoms with E-state index in [4.69, 9.17) is 0 Å². The molecule has 0 spiro atoms. The van der Waals surface area contributed by atoms with Crippen LogP contribution in [0.5, 0.6) is 0 Å². The van der Waals surface area contributed by atoms with Crippen LogP contribution in [0.3, 0.4) is 0 Å². The summed E-state index contributed by atoms with van der Waals surface area (Å²) >= 11 is 0. The summed E-state index contributed by atoms with van der Waals surface area (Å²) < 4.78 is 24.6. The molecule has 0 saturated heterocycles. The van der Waals surface area contributed by atoms with Gasteiger partial charge in [0.05, 0.1) is 5.75 Å². The molecule has 2 N–H and O–H groups in total. The molecule has 0 saturated carbocycles. The minimum atomic E-state index is -3.26. The maximum Gasteiger partial charge on any atom is 0.220 e. The Labute approximate surface area is 139 Å². The third-order valence-corrected chi connectivity index (χ3v) is 5.06. The fraction of sp³-hybridized carbons (Fsp3) is 0.588. The summed E-state index contributed by atoms with van der Waals surface area (Å²) in [7, 11) is -1.90. The van der Waals surface area contributed by atoms with Crippen LogP contribution in [0.1, 0.15) is 44.7 Å². The first-order chi connectivity index (χ1) is 10.6. The van der Waals surface area contributed by atoms with Crippen molar-refractivity contribution in [3.05, 3.63) is 35.4 Å². The Morgan fingerprint density at radius 3 is 2.26 bits per heavy atom. The first kappa shape index (κ1) is 19.6. The van der Waals surface area contributed by atoms with Crippen molar-refractivity contribution in [2.45, 2.75) is 45.4 Å². The summed E-state index contributed by atoms with van der Waals surface area (Å²) in [6.45, 7) is 6.68. The molecule has 23 heavy (non-hydrogen) atoms. The number of carbonyl (C=O) groups is 1. The number of aryl methyl sites for hydroxylation is 1. The quantitative estimate of drug-likeness (QED) is 0.760. The number of amides is 1. The molecule has 0 radical (unpaired) electrons. The SMILES string of the molecule is CNS(=O)(=O)CCNC(=O)CCCc1ccc(C(C)(C)C)cc1. The molecule has 1 amide bonds. The molecule has 5 nitrogen and oxygen atoms in total. The van der Waals surface area contributed by atoms with Crippen LogP contribution in [0, 0.1) is 0 Å². The van der Waals surface area contributed by atoms with E-state index in [1.54, 1.807) is 0 Å². The molecule has 1 rings (SSSR count). The smallest absolute Gasteiger partial charge is 0.220 e. The minimum Gasteiger partial charge on any atom is -0.355 e. The van der Waals surface area contributed by atoms with Crippen molar-refractivity contribution in [1.29, 1.82) is 0 Å². The predicted molar refractivity (Wildman–Crippen MR) is 93.9 cm³/mol. The Morgan fingerprint density at radius 1 is 1.13 bits per heavy atom. The van der Waals surface area contributed by atoms with Crippen molar-refractivity contribution in [2.75, 3.05) is 19.3 Å². The van der Waals surface area contributed by atoms with Crippen LogP contribution in [0.15, 0.2) is 24.3 Å². The molecule has 0 aliphatic rings. The minimum absolute atomic E-state index is 0.0937. The number of hydrogen-bond donors (Lipinski definition) is 2. The van der Waals surface area contributed by atoms with Crippen LogP contribution in [-0.2, 0) is 26.7 Å². The second-order valence-corrected chi connectivity index (χ2v) is 8.72. The van der Waals surface area contributed by atoms with Crippen molar-refractivity contribution in [1.82, 2.24) is 10.0 Å². The first-order valence-corrected chi connectivity index (χ1v) is 9.56. The van der Waals surface area contributed by atoms with E-state index in [1.165, 1.54) is 18.2 Å². The van der Waals surface area contributed by atoms with Gasteiger partial charge in [-0.15, -0.1) is 0 Å². The van der Waals surface area contributed by atoms with E-state index in [-0.39, 0.29) is 23.6 Å². The van der Waals surface area contributed by atoms with Gasteiger partial charge in [0.1, 0.15) is 0 Å². The number of rotatable bonds is 8. The number of sulfonamides is 1. The van der Waals surface area contributed by atoms with Crippen LogP contribution in [-0.4, -0.2) is 33.7 Å². The molecule has 0 atom stereocenters. The number of nitrogens with one attached hydrogen (secondary N) is 2. The molecule has 0 bridgehead atoms. The van der Waals surface area contributed by atoms with E-state index in [2.05, 4.69) is 55.1 Å². The lowest BCUT2D eigenvalue weighted by Gasteiger charge is -2.19. The van der Waals surface area contributed by atoms with Gasteiger partial charge in [-0.2, -0.15) is 0 Å². The van der Waals surface area contributed by atoms with Crippen LogP contribution in [0.2, 0.25) is 0 Å². The summed E-state index contributed by atoms with van der Waals surface area (Å²) in [4.78, 5) is 11.7. The van der Waals surface area contributed by atoms with Gasteiger partial charge in [0.2, 0.25) is 15.9 Å². The molecule has 0 fully saturated rings. The van der Waals surface area contributed by atoms with Gasteiger partial charge in [0.15, 0.2) is 0 Å². The van der Waals surface area contributed by atoms with E-state index < -0.39 is 10.0 Å². The van der Waals surface area contributed by atoms with Crippen molar-refractivity contribution in [2.24, 2.45) is 0 Å². The standard InChI is InChI=1S/C17H28N2O3S/c1-17(2,3)15-10-8-14(9-11-15)6-5-7-16(20)19-12-13-23(21,22)18-4/h8-11,18H,5-7,12-13H2,1-4H3,(H,19,20). The Bertz CT molecular complexity index is 602. The topological polar surface area (TPSA) is 75.3 Å². The first-order valence-electron chi connectivity index (χ1n) is 7.91. The maximum absolute atomic E-state index is 11.7. The number of hydrogen-bond acceptors (Lipinski definition) is 3. The molecule has 0 unspecified atom stereocenters. The fourth-order valence-electron chi connectivity index (χ4n) is 2.14. The van der Waals surface area contributed by atoms with Gasteiger partial charge in [-0.3, -0.25) is 4.79 Å². The normalized spacial score (nSPS) is 12.2. The van der Waals surface area contributed by atoms with E-state index in [1.807, 2.05) is 0 Å². The molecular formula is C17H28N2O3S. The number of benzene rings is 1. The van der Waals surface area contributed by atoms with Gasteiger partial charge >= 0.3 is 0 Å². The summed E-state index contributed by atoms with van der Waals surface area (Å²) in [6.07, 6.45) is 1.99. The molecule has 6 heteroatoms. The van der Waals surface area contributed by atoms with Crippen molar-refractivity contribution < 1.29 is 13.2 Å². The van der Waals surface area contributed by atoms with Crippen molar-refractivity contribution >= 4 is 15.9 Å². The number of carbonyl (C=O) groups excluding carboxylic acids is 1. The van der Waals surface area contributed by atoms with Gasteiger partial charge in [0, 0.05) is 13.0 Å². The monoisotopic (exact) mass is 340 g/mol. The lowest BCUT2D eigenvalue weighted by molar-refractivity contribution is -0.121. The lowest BCUT2D eigenvalue weighted by atomic mass is 9.86. The largest absolute Gasteiger partial charge is 0.355 e. The van der Waals surface area contributed by atoms with E-state index >= 15 is 0 Å². The zero-order chi connectivity index (χ0) is 17.5. The second-order valence-electron chi connectivity index (χ2n) is 6.67. The Hall–Kier alpha value is -1.40. The fourth-order valence-corrected chi connectivity index (χ4v) is 2.71. The second kappa shape index (κ2) is 8.45. The molecule has 0 aromatic heterocycles. The molecule has 130 valence electrons. The van der Waals surface area contributed by atoms with Crippen molar-refractivity contribution in [3.63, 3.8) is 0 Å². The Morgan fingerprint density at radius 2 is 1.74 bits per heavy atom. The van der Waals surface area contributed by atoms with Gasteiger partial charge < -0.3 is 5.32 Å². The summed E-state index contributed by atoms with van der Waals surface area (Å²) in [5.41, 5.74) is 2.65. The average molecular weight is 340 g/mol. The Balaban J connectivity index is 2.30.